The first-order valence-electron chi connectivity index (χ1n) is 5.51. The van der Waals surface area contributed by atoms with Crippen molar-refractivity contribution in [2.24, 2.45) is 0 Å². The highest BCUT2D eigenvalue weighted by Gasteiger charge is 2.48. The van der Waals surface area contributed by atoms with E-state index in [1.54, 1.807) is 7.05 Å². The van der Waals surface area contributed by atoms with Gasteiger partial charge in [0, 0.05) is 19.2 Å². The summed E-state index contributed by atoms with van der Waals surface area (Å²) in [6.07, 6.45) is 0.417. The number of hydrogen-bond donors (Lipinski definition) is 0. The van der Waals surface area contributed by atoms with Gasteiger partial charge in [-0.1, -0.05) is 0 Å². The van der Waals surface area contributed by atoms with E-state index in [1.165, 1.54) is 11.0 Å². The maximum absolute atomic E-state index is 12.2. The van der Waals surface area contributed by atoms with Crippen molar-refractivity contribution < 1.29 is 30.6 Å². The summed E-state index contributed by atoms with van der Waals surface area (Å²) < 4.78 is 62.4. The minimum Gasteiger partial charge on any atom is -0.376 e. The van der Waals surface area contributed by atoms with Crippen LogP contribution in [0.1, 0.15) is 15.9 Å². The van der Waals surface area contributed by atoms with E-state index >= 15 is 0 Å². The average molecular weight is 309 g/mol. The zero-order valence-corrected chi connectivity index (χ0v) is 11.1. The van der Waals surface area contributed by atoms with Crippen molar-refractivity contribution in [3.63, 3.8) is 0 Å². The number of fused-ring (bicyclic) bond motifs is 1. The Labute approximate surface area is 113 Å². The van der Waals surface area contributed by atoms with Crippen LogP contribution >= 0.6 is 0 Å². The second-order valence-electron chi connectivity index (χ2n) is 4.28. The highest BCUT2D eigenvalue weighted by molar-refractivity contribution is 7.88. The molecule has 0 spiro atoms. The molecule has 1 aromatic rings. The normalized spacial score (nSPS) is 16.0. The lowest BCUT2D eigenvalue weighted by Crippen LogP contribution is -2.34. The molecule has 0 aliphatic carbocycles. The van der Waals surface area contributed by atoms with E-state index in [4.69, 9.17) is 0 Å². The number of nitrogens with zero attached hydrogens (tertiary/aromatic N) is 1. The predicted molar refractivity (Wildman–Crippen MR) is 62.7 cm³/mol. The van der Waals surface area contributed by atoms with Gasteiger partial charge < -0.3 is 9.08 Å². The molecule has 0 radical (unpaired) electrons. The van der Waals surface area contributed by atoms with Crippen molar-refractivity contribution in [3.05, 3.63) is 29.3 Å². The summed E-state index contributed by atoms with van der Waals surface area (Å²) in [5.74, 6) is -0.727. The van der Waals surface area contributed by atoms with Crippen molar-refractivity contribution in [2.45, 2.75) is 11.9 Å². The third-order valence-corrected chi connectivity index (χ3v) is 3.84. The first-order valence-corrected chi connectivity index (χ1v) is 6.92. The van der Waals surface area contributed by atoms with E-state index in [1.807, 2.05) is 0 Å². The summed E-state index contributed by atoms with van der Waals surface area (Å²) in [5.41, 5.74) is -4.70. The molecule has 1 aliphatic heterocycles. The largest absolute Gasteiger partial charge is 0.534 e. The third-order valence-electron chi connectivity index (χ3n) is 2.86. The van der Waals surface area contributed by atoms with Gasteiger partial charge >= 0.3 is 15.6 Å². The summed E-state index contributed by atoms with van der Waals surface area (Å²) >= 11 is 0. The SMILES string of the molecule is CN1CCc2cc(OS(=O)(=O)C(F)(F)F)ccc2C1=O. The summed E-state index contributed by atoms with van der Waals surface area (Å²) in [6, 6.07) is 3.43. The number of carbonyl (C=O) groups is 1. The number of rotatable bonds is 2. The van der Waals surface area contributed by atoms with E-state index in [2.05, 4.69) is 4.18 Å². The Morgan fingerprint density at radius 1 is 1.30 bits per heavy atom. The van der Waals surface area contributed by atoms with Crippen LogP contribution in [0.3, 0.4) is 0 Å². The number of likely N-dealkylation sites (N-methyl/N-ethyl adjacent to an activating group) is 1. The minimum atomic E-state index is -5.70. The van der Waals surface area contributed by atoms with Crippen LogP contribution in [-0.2, 0) is 16.5 Å². The van der Waals surface area contributed by atoms with Crippen molar-refractivity contribution >= 4 is 16.0 Å². The molecule has 2 rings (SSSR count). The van der Waals surface area contributed by atoms with Crippen LogP contribution in [0.25, 0.3) is 0 Å². The lowest BCUT2D eigenvalue weighted by molar-refractivity contribution is -0.0500. The fraction of sp³-hybridized carbons (Fsp3) is 0.364. The van der Waals surface area contributed by atoms with Crippen LogP contribution in [0.2, 0.25) is 0 Å². The quantitative estimate of drug-likeness (QED) is 0.614. The van der Waals surface area contributed by atoms with Crippen molar-refractivity contribution in [2.75, 3.05) is 13.6 Å². The van der Waals surface area contributed by atoms with E-state index in [0.29, 0.717) is 24.1 Å². The summed E-state index contributed by atoms with van der Waals surface area (Å²) in [7, 11) is -4.10. The molecule has 0 saturated heterocycles. The van der Waals surface area contributed by atoms with Gasteiger partial charge in [-0.25, -0.2) is 0 Å². The first kappa shape index (κ1) is 14.6. The maximum atomic E-state index is 12.2. The van der Waals surface area contributed by atoms with Crippen LogP contribution in [-0.4, -0.2) is 38.3 Å². The molecule has 0 saturated carbocycles. The topological polar surface area (TPSA) is 63.7 Å². The monoisotopic (exact) mass is 309 g/mol. The molecule has 0 N–H and O–H groups in total. The molecule has 0 atom stereocenters. The summed E-state index contributed by atoms with van der Waals surface area (Å²) in [4.78, 5) is 13.2. The molecule has 0 aromatic heterocycles. The number of benzene rings is 1. The Morgan fingerprint density at radius 3 is 2.55 bits per heavy atom. The summed E-state index contributed by atoms with van der Waals surface area (Å²) in [5, 5.41) is 0. The van der Waals surface area contributed by atoms with Crippen LogP contribution in [0.5, 0.6) is 5.75 Å². The molecule has 20 heavy (non-hydrogen) atoms. The van der Waals surface area contributed by atoms with Gasteiger partial charge in [0.2, 0.25) is 0 Å². The number of hydrogen-bond acceptors (Lipinski definition) is 4. The Morgan fingerprint density at radius 2 is 1.95 bits per heavy atom. The lowest BCUT2D eigenvalue weighted by Gasteiger charge is -2.25. The van der Waals surface area contributed by atoms with E-state index in [0.717, 1.165) is 12.1 Å². The fourth-order valence-corrected chi connectivity index (χ4v) is 2.26. The smallest absolute Gasteiger partial charge is 0.376 e. The van der Waals surface area contributed by atoms with Gasteiger partial charge in [0.15, 0.2) is 0 Å². The molecular weight excluding hydrogens is 299 g/mol. The standard InChI is InChI=1S/C11H10F3NO4S/c1-15-5-4-7-6-8(2-3-9(7)10(15)16)19-20(17,18)11(12,13)14/h2-3,6H,4-5H2,1H3. The Hall–Kier alpha value is -1.77. The zero-order chi connectivity index (χ0) is 15.1. The first-order chi connectivity index (χ1) is 9.12. The number of halogens is 3. The number of alkyl halides is 3. The zero-order valence-electron chi connectivity index (χ0n) is 10.3. The molecule has 110 valence electrons. The summed E-state index contributed by atoms with van der Waals surface area (Å²) in [6.45, 7) is 0.404. The van der Waals surface area contributed by atoms with Crippen LogP contribution < -0.4 is 4.18 Å². The minimum absolute atomic E-state index is 0.267. The van der Waals surface area contributed by atoms with Crippen LogP contribution in [0.15, 0.2) is 18.2 Å². The molecule has 9 heteroatoms. The highest BCUT2D eigenvalue weighted by atomic mass is 32.2. The third kappa shape index (κ3) is 2.58. The van der Waals surface area contributed by atoms with Gasteiger partial charge in [-0.3, -0.25) is 4.79 Å². The second kappa shape index (κ2) is 4.65. The predicted octanol–water partition coefficient (Wildman–Crippen LogP) is 1.54. The molecular formula is C11H10F3NO4S. The van der Waals surface area contributed by atoms with Crippen molar-refractivity contribution in [1.29, 1.82) is 0 Å². The van der Waals surface area contributed by atoms with E-state index in [-0.39, 0.29) is 5.91 Å². The fourth-order valence-electron chi connectivity index (χ4n) is 1.81. The number of carbonyl (C=O) groups excluding carboxylic acids is 1. The van der Waals surface area contributed by atoms with Crippen molar-refractivity contribution in [1.82, 2.24) is 4.90 Å². The Balaban J connectivity index is 2.32. The van der Waals surface area contributed by atoms with E-state index in [9.17, 15) is 26.4 Å². The lowest BCUT2D eigenvalue weighted by atomic mass is 9.99. The van der Waals surface area contributed by atoms with Crippen LogP contribution in [0.4, 0.5) is 13.2 Å². The highest BCUT2D eigenvalue weighted by Crippen LogP contribution is 2.29. The van der Waals surface area contributed by atoms with Gasteiger partial charge in [-0.05, 0) is 30.2 Å². The molecule has 1 aliphatic rings. The second-order valence-corrected chi connectivity index (χ2v) is 5.82. The Bertz CT molecular complexity index is 654. The molecule has 1 amide bonds. The molecule has 1 heterocycles. The van der Waals surface area contributed by atoms with E-state index < -0.39 is 21.4 Å². The van der Waals surface area contributed by atoms with Gasteiger partial charge in [0.1, 0.15) is 5.75 Å². The average Bonchev–Trinajstić information content (AvgIpc) is 2.32. The molecule has 1 aromatic carbocycles. The van der Waals surface area contributed by atoms with Crippen molar-refractivity contribution in [3.8, 4) is 5.75 Å². The van der Waals surface area contributed by atoms with Gasteiger partial charge in [-0.15, -0.1) is 0 Å². The van der Waals surface area contributed by atoms with Gasteiger partial charge in [-0.2, -0.15) is 21.6 Å². The molecule has 5 nitrogen and oxygen atoms in total. The van der Waals surface area contributed by atoms with Gasteiger partial charge in [0.25, 0.3) is 5.91 Å². The molecule has 0 unspecified atom stereocenters. The maximum Gasteiger partial charge on any atom is 0.534 e. The van der Waals surface area contributed by atoms with Gasteiger partial charge in [0.05, 0.1) is 0 Å². The van der Waals surface area contributed by atoms with Crippen LogP contribution in [0, 0.1) is 0 Å². The molecule has 0 fully saturated rings. The number of amides is 1. The molecule has 0 bridgehead atoms. The Kier molecular flexibility index (Phi) is 3.41.